The molecule has 0 N–H and O–H groups in total. The third-order valence-electron chi connectivity index (χ3n) is 16.6. The first kappa shape index (κ1) is 49.1. The van der Waals surface area contributed by atoms with Gasteiger partial charge in [-0.2, -0.15) is 9.97 Å². The number of hydrogen-bond acceptors (Lipinski definition) is 7. The molecule has 15 rings (SSSR count). The molecular formula is C76H53N7. The summed E-state index contributed by atoms with van der Waals surface area (Å²) in [6.07, 6.45) is 7.34. The summed E-state index contributed by atoms with van der Waals surface area (Å²) in [5.41, 5.74) is 18.0. The molecule has 10 aromatic carbocycles. The van der Waals surface area contributed by atoms with Gasteiger partial charge in [0.05, 0.1) is 33.6 Å². The molecule has 3 aromatic heterocycles. The SMILES string of the molecule is c1ccc(C2(c3ccccc3)c3ccccc3N(c3cc(N4c5ccccc5C(c5ccccc5)(c5ccccc5)c5ccccc54)nc(N(c4ccc(-c5ccncc5)cc4)c4ccc(-c5ccncc5)cc4)n3)c3ccccc32)cc1. The van der Waals surface area contributed by atoms with Crippen LogP contribution in [-0.2, 0) is 10.8 Å². The summed E-state index contributed by atoms with van der Waals surface area (Å²) < 4.78 is 0. The normalized spacial score (nSPS) is 13.4. The summed E-state index contributed by atoms with van der Waals surface area (Å²) in [6, 6.07) is 107. The minimum atomic E-state index is -0.687. The van der Waals surface area contributed by atoms with Crippen molar-refractivity contribution in [2.24, 2.45) is 0 Å². The average Bonchev–Trinajstić information content (AvgIpc) is 2.87. The van der Waals surface area contributed by atoms with E-state index in [1.807, 2.05) is 49.1 Å². The van der Waals surface area contributed by atoms with Crippen molar-refractivity contribution in [3.05, 3.63) is 367 Å². The van der Waals surface area contributed by atoms with E-state index in [4.69, 9.17) is 9.97 Å². The van der Waals surface area contributed by atoms with Crippen LogP contribution in [0.3, 0.4) is 0 Å². The molecule has 0 unspecified atom stereocenters. The van der Waals surface area contributed by atoms with Crippen molar-refractivity contribution in [3.8, 4) is 22.3 Å². The lowest BCUT2D eigenvalue weighted by Crippen LogP contribution is -2.38. The molecular weight excluding hydrogens is 1010 g/mol. The maximum Gasteiger partial charge on any atom is 0.238 e. The quantitative estimate of drug-likeness (QED) is 0.128. The highest BCUT2D eigenvalue weighted by Gasteiger charge is 2.49. The van der Waals surface area contributed by atoms with Crippen molar-refractivity contribution in [1.29, 1.82) is 0 Å². The lowest BCUT2D eigenvalue weighted by molar-refractivity contribution is 0.728. The monoisotopic (exact) mass is 1060 g/mol. The van der Waals surface area contributed by atoms with Gasteiger partial charge in [-0.3, -0.25) is 24.7 Å². The molecule has 5 heterocycles. The standard InChI is InChI=1S/C76H53N7/c1-5-21-58(22-6-1)75(59-23-7-2-8-24-59)64-29-13-17-33-68(64)82(69-34-18-14-30-65(69)75)72-53-73(83-70-35-19-15-31-66(70)76(60-25-9-3-10-26-60,61-27-11-4-12-28-61)67-32-16-20-36-71(67)83)80-74(79-72)81(62-41-37-54(38-42-62)56-45-49-77-50-46-56)63-43-39-55(40-44-63)57-47-51-78-52-48-57/h1-53H. The molecule has 0 aliphatic carbocycles. The molecule has 7 nitrogen and oxygen atoms in total. The molecule has 13 aromatic rings. The van der Waals surface area contributed by atoms with Gasteiger partial charge >= 0.3 is 0 Å². The first-order valence-electron chi connectivity index (χ1n) is 28.1. The first-order valence-corrected chi connectivity index (χ1v) is 28.1. The Balaban J connectivity index is 1.02. The second kappa shape index (κ2) is 20.6. The van der Waals surface area contributed by atoms with Crippen molar-refractivity contribution in [3.63, 3.8) is 0 Å². The van der Waals surface area contributed by atoms with E-state index in [0.717, 1.165) is 78.6 Å². The molecule has 2 aliphatic rings. The van der Waals surface area contributed by atoms with Crippen LogP contribution in [0.15, 0.2) is 322 Å². The van der Waals surface area contributed by atoms with Gasteiger partial charge in [-0.25, -0.2) is 0 Å². The Bertz CT molecular complexity index is 3970. The number of rotatable bonds is 11. The number of aromatic nitrogens is 4. The second-order valence-corrected chi connectivity index (χ2v) is 21.0. The summed E-state index contributed by atoms with van der Waals surface area (Å²) in [4.78, 5) is 27.3. The maximum atomic E-state index is 5.89. The van der Waals surface area contributed by atoms with Crippen molar-refractivity contribution < 1.29 is 0 Å². The second-order valence-electron chi connectivity index (χ2n) is 21.0. The Morgan fingerprint density at radius 2 is 0.530 bits per heavy atom. The number of fused-ring (bicyclic) bond motifs is 4. The molecule has 0 radical (unpaired) electrons. The van der Waals surface area contributed by atoms with Gasteiger partial charge in [0.1, 0.15) is 11.6 Å². The highest BCUT2D eigenvalue weighted by atomic mass is 15.3. The Morgan fingerprint density at radius 3 is 0.831 bits per heavy atom. The highest BCUT2D eigenvalue weighted by molar-refractivity contribution is 5.93. The molecule has 2 aliphatic heterocycles. The summed E-state index contributed by atoms with van der Waals surface area (Å²) in [7, 11) is 0. The van der Waals surface area contributed by atoms with Crippen LogP contribution in [0, 0.1) is 0 Å². The molecule has 0 amide bonds. The number of hydrogen-bond donors (Lipinski definition) is 0. The number of anilines is 9. The Labute approximate surface area is 483 Å². The molecule has 0 saturated heterocycles. The number of pyridine rings is 2. The van der Waals surface area contributed by atoms with Crippen LogP contribution in [0.25, 0.3) is 22.3 Å². The summed E-state index contributed by atoms with van der Waals surface area (Å²) in [5.74, 6) is 1.88. The predicted molar refractivity (Wildman–Crippen MR) is 336 cm³/mol. The van der Waals surface area contributed by atoms with Crippen LogP contribution in [-0.4, -0.2) is 19.9 Å². The van der Waals surface area contributed by atoms with Gasteiger partial charge in [-0.05, 0) is 140 Å². The average molecular weight is 1060 g/mol. The molecule has 0 atom stereocenters. The zero-order valence-corrected chi connectivity index (χ0v) is 45.2. The van der Waals surface area contributed by atoms with Crippen LogP contribution in [0.4, 0.5) is 51.7 Å². The third kappa shape index (κ3) is 8.04. The van der Waals surface area contributed by atoms with E-state index in [-0.39, 0.29) is 0 Å². The Morgan fingerprint density at radius 1 is 0.265 bits per heavy atom. The maximum absolute atomic E-state index is 5.89. The van der Waals surface area contributed by atoms with Gasteiger partial charge in [-0.1, -0.05) is 218 Å². The number of nitrogens with zero attached hydrogens (tertiary/aromatic N) is 7. The zero-order valence-electron chi connectivity index (χ0n) is 45.2. The predicted octanol–water partition coefficient (Wildman–Crippen LogP) is 18.4. The van der Waals surface area contributed by atoms with Crippen molar-refractivity contribution in [2.45, 2.75) is 10.8 Å². The highest BCUT2D eigenvalue weighted by Crippen LogP contribution is 2.60. The molecule has 0 saturated carbocycles. The van der Waals surface area contributed by atoms with E-state index < -0.39 is 10.8 Å². The van der Waals surface area contributed by atoms with E-state index in [1.165, 1.54) is 22.3 Å². The topological polar surface area (TPSA) is 61.3 Å². The summed E-state index contributed by atoms with van der Waals surface area (Å²) in [5, 5.41) is 0. The van der Waals surface area contributed by atoms with Gasteiger partial charge in [0.2, 0.25) is 5.95 Å². The summed E-state index contributed by atoms with van der Waals surface area (Å²) >= 11 is 0. The van der Waals surface area contributed by atoms with Crippen LogP contribution >= 0.6 is 0 Å². The van der Waals surface area contributed by atoms with Crippen molar-refractivity contribution >= 4 is 51.7 Å². The van der Waals surface area contributed by atoms with Crippen molar-refractivity contribution in [1.82, 2.24) is 19.9 Å². The molecule has 0 fully saturated rings. The lowest BCUT2D eigenvalue weighted by atomic mass is 9.62. The fourth-order valence-corrected chi connectivity index (χ4v) is 13.1. The van der Waals surface area contributed by atoms with E-state index in [1.54, 1.807) is 0 Å². The van der Waals surface area contributed by atoms with Crippen LogP contribution in [0.5, 0.6) is 0 Å². The fourth-order valence-electron chi connectivity index (χ4n) is 13.1. The third-order valence-corrected chi connectivity index (χ3v) is 16.6. The van der Waals surface area contributed by atoms with Crippen LogP contribution in [0.2, 0.25) is 0 Å². The van der Waals surface area contributed by atoms with Crippen LogP contribution in [0.1, 0.15) is 44.5 Å². The Hall–Kier alpha value is -11.0. The van der Waals surface area contributed by atoms with E-state index in [2.05, 4.69) is 298 Å². The van der Waals surface area contributed by atoms with E-state index >= 15 is 0 Å². The molecule has 7 heteroatoms. The molecule has 0 bridgehead atoms. The van der Waals surface area contributed by atoms with Gasteiger partial charge < -0.3 is 0 Å². The lowest BCUT2D eigenvalue weighted by Gasteiger charge is -2.47. The smallest absolute Gasteiger partial charge is 0.238 e. The van der Waals surface area contributed by atoms with E-state index in [0.29, 0.717) is 17.6 Å². The zero-order chi connectivity index (χ0) is 55.2. The fraction of sp³-hybridized carbons (Fsp3) is 0.0263. The molecule has 83 heavy (non-hydrogen) atoms. The molecule has 0 spiro atoms. The minimum absolute atomic E-state index is 0.488. The van der Waals surface area contributed by atoms with Gasteiger partial charge in [-0.15, -0.1) is 0 Å². The van der Waals surface area contributed by atoms with Gasteiger partial charge in [0.25, 0.3) is 0 Å². The van der Waals surface area contributed by atoms with Crippen molar-refractivity contribution in [2.75, 3.05) is 14.7 Å². The van der Waals surface area contributed by atoms with Gasteiger partial charge in [0, 0.05) is 42.2 Å². The van der Waals surface area contributed by atoms with E-state index in [9.17, 15) is 0 Å². The van der Waals surface area contributed by atoms with Crippen LogP contribution < -0.4 is 14.7 Å². The number of benzene rings is 10. The molecule has 392 valence electrons. The summed E-state index contributed by atoms with van der Waals surface area (Å²) in [6.45, 7) is 0. The number of para-hydroxylation sites is 4. The minimum Gasteiger partial charge on any atom is -0.294 e. The Kier molecular flexibility index (Phi) is 12.2. The first-order chi connectivity index (χ1) is 41.2. The largest absolute Gasteiger partial charge is 0.294 e. The van der Waals surface area contributed by atoms with Gasteiger partial charge in [0.15, 0.2) is 0 Å².